The summed E-state index contributed by atoms with van der Waals surface area (Å²) in [5, 5.41) is 20.2. The molecule has 0 aliphatic carbocycles. The average Bonchev–Trinajstić information content (AvgIpc) is 2.38. The lowest BCUT2D eigenvalue weighted by Crippen LogP contribution is -2.50. The SMILES string of the molecule is O=C(O)C1COCCN1c1c(Br)cncc1[N+](=O)[O-]. The molecule has 1 aliphatic heterocycles. The predicted molar refractivity (Wildman–Crippen MR) is 68.2 cm³/mol. The number of carbonyl (C=O) groups is 1. The highest BCUT2D eigenvalue weighted by Gasteiger charge is 2.34. The number of ether oxygens (including phenoxy) is 1. The molecule has 2 rings (SSSR count). The molecule has 19 heavy (non-hydrogen) atoms. The molecule has 1 unspecified atom stereocenters. The first-order chi connectivity index (χ1) is 9.02. The first-order valence-electron chi connectivity index (χ1n) is 5.37. The van der Waals surface area contributed by atoms with Crippen LogP contribution in [0.25, 0.3) is 0 Å². The van der Waals surface area contributed by atoms with E-state index < -0.39 is 16.9 Å². The number of carboxylic acids is 1. The van der Waals surface area contributed by atoms with Crippen LogP contribution in [0, 0.1) is 10.1 Å². The van der Waals surface area contributed by atoms with Crippen LogP contribution in [0.15, 0.2) is 16.9 Å². The number of carboxylic acid groups (broad SMARTS) is 1. The van der Waals surface area contributed by atoms with Gasteiger partial charge in [-0.15, -0.1) is 0 Å². The van der Waals surface area contributed by atoms with Gasteiger partial charge < -0.3 is 14.7 Å². The summed E-state index contributed by atoms with van der Waals surface area (Å²) in [4.78, 5) is 26.8. The maximum absolute atomic E-state index is 11.2. The molecule has 0 radical (unpaired) electrons. The molecule has 1 aliphatic rings. The van der Waals surface area contributed by atoms with Crippen LogP contribution in [0.4, 0.5) is 11.4 Å². The van der Waals surface area contributed by atoms with Gasteiger partial charge in [0.05, 0.1) is 22.6 Å². The van der Waals surface area contributed by atoms with Crippen LogP contribution in [-0.2, 0) is 9.53 Å². The summed E-state index contributed by atoms with van der Waals surface area (Å²) in [5.74, 6) is -1.09. The summed E-state index contributed by atoms with van der Waals surface area (Å²) in [6, 6.07) is -0.953. The van der Waals surface area contributed by atoms with E-state index >= 15 is 0 Å². The standard InChI is InChI=1S/C10H10BrN3O5/c11-6-3-12-4-7(14(17)18)9(6)13-1-2-19-5-8(13)10(15)16/h3-4,8H,1-2,5H2,(H,15,16). The first-order valence-corrected chi connectivity index (χ1v) is 6.16. The highest BCUT2D eigenvalue weighted by atomic mass is 79.9. The summed E-state index contributed by atoms with van der Waals surface area (Å²) in [6.45, 7) is 0.567. The van der Waals surface area contributed by atoms with E-state index in [-0.39, 0.29) is 24.5 Å². The number of morpholine rings is 1. The Morgan fingerprint density at radius 2 is 2.37 bits per heavy atom. The number of aromatic nitrogens is 1. The average molecular weight is 332 g/mol. The van der Waals surface area contributed by atoms with Crippen LogP contribution in [0.1, 0.15) is 0 Å². The van der Waals surface area contributed by atoms with Crippen LogP contribution in [0.5, 0.6) is 0 Å². The Hall–Kier alpha value is -1.74. The lowest BCUT2D eigenvalue weighted by Gasteiger charge is -2.34. The largest absolute Gasteiger partial charge is 0.480 e. The van der Waals surface area contributed by atoms with Crippen molar-refractivity contribution in [2.24, 2.45) is 0 Å². The van der Waals surface area contributed by atoms with Gasteiger partial charge in [-0.25, -0.2) is 4.79 Å². The third-order valence-electron chi connectivity index (χ3n) is 2.75. The minimum Gasteiger partial charge on any atom is -0.480 e. The van der Waals surface area contributed by atoms with Gasteiger partial charge >= 0.3 is 11.7 Å². The summed E-state index contributed by atoms with van der Waals surface area (Å²) < 4.78 is 5.50. The minimum absolute atomic E-state index is 0.0126. The second-order valence-corrected chi connectivity index (χ2v) is 4.72. The van der Waals surface area contributed by atoms with Crippen LogP contribution in [0.3, 0.4) is 0 Å². The Balaban J connectivity index is 2.49. The summed E-state index contributed by atoms with van der Waals surface area (Å²) in [7, 11) is 0. The van der Waals surface area contributed by atoms with Gasteiger partial charge in [-0.3, -0.25) is 15.1 Å². The van der Waals surface area contributed by atoms with Crippen LogP contribution in [0.2, 0.25) is 0 Å². The van der Waals surface area contributed by atoms with Crippen molar-refractivity contribution in [1.82, 2.24) is 4.98 Å². The highest BCUT2D eigenvalue weighted by Crippen LogP contribution is 2.36. The highest BCUT2D eigenvalue weighted by molar-refractivity contribution is 9.10. The number of anilines is 1. The third-order valence-corrected chi connectivity index (χ3v) is 3.33. The minimum atomic E-state index is -1.09. The fourth-order valence-corrected chi connectivity index (χ4v) is 2.46. The number of aliphatic carboxylic acids is 1. The predicted octanol–water partition coefficient (Wildman–Crippen LogP) is 1.04. The lowest BCUT2D eigenvalue weighted by molar-refractivity contribution is -0.384. The molecule has 0 saturated carbocycles. The molecular weight excluding hydrogens is 322 g/mol. The zero-order valence-electron chi connectivity index (χ0n) is 9.65. The van der Waals surface area contributed by atoms with Crippen molar-refractivity contribution in [3.8, 4) is 0 Å². The second kappa shape index (κ2) is 5.49. The smallest absolute Gasteiger partial charge is 0.328 e. The number of rotatable bonds is 3. The molecule has 1 atom stereocenters. The Kier molecular flexibility index (Phi) is 3.96. The fourth-order valence-electron chi connectivity index (χ4n) is 1.91. The van der Waals surface area contributed by atoms with Crippen molar-refractivity contribution in [1.29, 1.82) is 0 Å². The summed E-state index contributed by atoms with van der Waals surface area (Å²) in [6.07, 6.45) is 2.51. The molecule has 1 N–H and O–H groups in total. The van der Waals surface area contributed by atoms with Crippen molar-refractivity contribution in [2.75, 3.05) is 24.7 Å². The number of hydrogen-bond donors (Lipinski definition) is 1. The molecule has 1 aromatic heterocycles. The van der Waals surface area contributed by atoms with Crippen LogP contribution >= 0.6 is 15.9 Å². The van der Waals surface area contributed by atoms with Gasteiger partial charge in [0.25, 0.3) is 0 Å². The van der Waals surface area contributed by atoms with Crippen molar-refractivity contribution in [3.05, 3.63) is 27.0 Å². The topological polar surface area (TPSA) is 106 Å². The molecule has 0 amide bonds. The zero-order chi connectivity index (χ0) is 14.0. The Bertz CT molecular complexity index is 524. The van der Waals surface area contributed by atoms with E-state index in [4.69, 9.17) is 9.84 Å². The van der Waals surface area contributed by atoms with Crippen LogP contribution in [-0.4, -0.2) is 46.8 Å². The maximum Gasteiger partial charge on any atom is 0.328 e. The quantitative estimate of drug-likeness (QED) is 0.651. The summed E-state index contributed by atoms with van der Waals surface area (Å²) >= 11 is 3.19. The summed E-state index contributed by atoms with van der Waals surface area (Å²) in [5.41, 5.74) is -0.0155. The molecule has 1 saturated heterocycles. The van der Waals surface area contributed by atoms with E-state index in [1.807, 2.05) is 0 Å². The van der Waals surface area contributed by atoms with Gasteiger partial charge in [-0.2, -0.15) is 0 Å². The molecule has 0 spiro atoms. The number of halogens is 1. The molecule has 8 nitrogen and oxygen atoms in total. The van der Waals surface area contributed by atoms with Gasteiger partial charge in [-0.05, 0) is 15.9 Å². The number of nitro groups is 1. The van der Waals surface area contributed by atoms with Gasteiger partial charge in [0.15, 0.2) is 6.04 Å². The number of hydrogen-bond acceptors (Lipinski definition) is 6. The van der Waals surface area contributed by atoms with Gasteiger partial charge in [0.2, 0.25) is 0 Å². The number of nitrogens with zero attached hydrogens (tertiary/aromatic N) is 3. The molecule has 0 aromatic carbocycles. The van der Waals surface area contributed by atoms with E-state index in [2.05, 4.69) is 20.9 Å². The van der Waals surface area contributed by atoms with Crippen molar-refractivity contribution in [2.45, 2.75) is 6.04 Å². The Morgan fingerprint density at radius 3 is 3.00 bits per heavy atom. The normalized spacial score (nSPS) is 19.2. The van der Waals surface area contributed by atoms with E-state index in [0.29, 0.717) is 11.1 Å². The zero-order valence-corrected chi connectivity index (χ0v) is 11.2. The van der Waals surface area contributed by atoms with Crippen molar-refractivity contribution >= 4 is 33.3 Å². The maximum atomic E-state index is 11.2. The molecule has 102 valence electrons. The van der Waals surface area contributed by atoms with Crippen LogP contribution < -0.4 is 4.90 Å². The van der Waals surface area contributed by atoms with E-state index in [9.17, 15) is 14.9 Å². The first kappa shape index (κ1) is 13.7. The van der Waals surface area contributed by atoms with Gasteiger partial charge in [0.1, 0.15) is 11.9 Å². The van der Waals surface area contributed by atoms with E-state index in [1.54, 1.807) is 0 Å². The lowest BCUT2D eigenvalue weighted by atomic mass is 10.2. The molecular formula is C10H10BrN3O5. The third kappa shape index (κ3) is 2.66. The molecule has 9 heteroatoms. The molecule has 1 aromatic rings. The van der Waals surface area contributed by atoms with E-state index in [0.717, 1.165) is 6.20 Å². The van der Waals surface area contributed by atoms with Crippen molar-refractivity contribution < 1.29 is 19.6 Å². The molecule has 0 bridgehead atoms. The molecule has 1 fully saturated rings. The van der Waals surface area contributed by atoms with E-state index in [1.165, 1.54) is 11.1 Å². The van der Waals surface area contributed by atoms with Gasteiger partial charge in [-0.1, -0.05) is 0 Å². The number of pyridine rings is 1. The Morgan fingerprint density at radius 1 is 1.63 bits per heavy atom. The Labute approximate surface area is 116 Å². The molecule has 2 heterocycles. The van der Waals surface area contributed by atoms with Crippen molar-refractivity contribution in [3.63, 3.8) is 0 Å². The fraction of sp³-hybridized carbons (Fsp3) is 0.400. The monoisotopic (exact) mass is 331 g/mol. The second-order valence-electron chi connectivity index (χ2n) is 3.87. The van der Waals surface area contributed by atoms with Gasteiger partial charge in [0, 0.05) is 12.7 Å².